The first-order valence-electron chi connectivity index (χ1n) is 4.09. The first kappa shape index (κ1) is 9.25. The fraction of sp³-hybridized carbons (Fsp3) is 0.200. The van der Waals surface area contributed by atoms with Gasteiger partial charge in [0.15, 0.2) is 0 Å². The molecule has 0 saturated carbocycles. The lowest BCUT2D eigenvalue weighted by Gasteiger charge is -2.05. The molecular weight excluding hydrogens is 249 g/mol. The maximum absolute atomic E-state index is 6.09. The van der Waals surface area contributed by atoms with Gasteiger partial charge in [0, 0.05) is 16.0 Å². The van der Waals surface area contributed by atoms with Crippen molar-refractivity contribution in [1.29, 1.82) is 0 Å². The molecule has 0 aliphatic heterocycles. The van der Waals surface area contributed by atoms with Crippen LogP contribution in [0.5, 0.6) is 0 Å². The molecule has 1 nitrogen and oxygen atoms in total. The van der Waals surface area contributed by atoms with Crippen LogP contribution in [0.1, 0.15) is 11.1 Å². The van der Waals surface area contributed by atoms with Crippen LogP contribution in [0.4, 0.5) is 0 Å². The summed E-state index contributed by atoms with van der Waals surface area (Å²) in [5, 5.41) is 0.823. The smallest absolute Gasteiger partial charge is 0.0458 e. The second-order valence-electron chi connectivity index (χ2n) is 3.05. The summed E-state index contributed by atoms with van der Waals surface area (Å²) in [5.41, 5.74) is 9.21. The molecule has 0 atom stereocenters. The van der Waals surface area contributed by atoms with E-state index < -0.39 is 0 Å². The SMILES string of the molecule is NCC1=CCc2c(Cl)cc(Br)cc21. The Morgan fingerprint density at radius 1 is 1.46 bits per heavy atom. The molecule has 0 heterocycles. The summed E-state index contributed by atoms with van der Waals surface area (Å²) in [7, 11) is 0. The quantitative estimate of drug-likeness (QED) is 0.823. The lowest BCUT2D eigenvalue weighted by atomic mass is 10.1. The van der Waals surface area contributed by atoms with Gasteiger partial charge in [-0.05, 0) is 35.3 Å². The molecule has 0 saturated heterocycles. The van der Waals surface area contributed by atoms with Crippen molar-refractivity contribution in [2.75, 3.05) is 6.54 Å². The predicted molar refractivity (Wildman–Crippen MR) is 59.9 cm³/mol. The van der Waals surface area contributed by atoms with Crippen LogP contribution in [-0.2, 0) is 6.42 Å². The standard InChI is InChI=1S/C10H9BrClN/c11-7-3-9-6(5-13)1-2-8(9)10(12)4-7/h1,3-4H,2,5,13H2. The number of rotatable bonds is 1. The summed E-state index contributed by atoms with van der Waals surface area (Å²) < 4.78 is 1.01. The van der Waals surface area contributed by atoms with Crippen LogP contribution in [0.2, 0.25) is 5.02 Å². The predicted octanol–water partition coefficient (Wildman–Crippen LogP) is 3.00. The van der Waals surface area contributed by atoms with E-state index >= 15 is 0 Å². The Balaban J connectivity index is 2.58. The monoisotopic (exact) mass is 257 g/mol. The normalized spacial score (nSPS) is 14.2. The molecule has 13 heavy (non-hydrogen) atoms. The summed E-state index contributed by atoms with van der Waals surface area (Å²) >= 11 is 9.51. The van der Waals surface area contributed by atoms with Crippen LogP contribution >= 0.6 is 27.5 Å². The van der Waals surface area contributed by atoms with E-state index in [-0.39, 0.29) is 0 Å². The first-order chi connectivity index (χ1) is 6.22. The number of fused-ring (bicyclic) bond motifs is 1. The van der Waals surface area contributed by atoms with Gasteiger partial charge >= 0.3 is 0 Å². The minimum Gasteiger partial charge on any atom is -0.326 e. The van der Waals surface area contributed by atoms with Crippen molar-refractivity contribution in [3.05, 3.63) is 38.8 Å². The van der Waals surface area contributed by atoms with E-state index in [2.05, 4.69) is 28.1 Å². The number of hydrogen-bond donors (Lipinski definition) is 1. The maximum Gasteiger partial charge on any atom is 0.0458 e. The fourth-order valence-electron chi connectivity index (χ4n) is 1.63. The maximum atomic E-state index is 6.09. The topological polar surface area (TPSA) is 26.0 Å². The Bertz CT molecular complexity index is 385. The molecule has 0 amide bonds. The van der Waals surface area contributed by atoms with Crippen LogP contribution in [0, 0.1) is 0 Å². The molecule has 3 heteroatoms. The second kappa shape index (κ2) is 3.45. The summed E-state index contributed by atoms with van der Waals surface area (Å²) in [6.45, 7) is 0.583. The van der Waals surface area contributed by atoms with Gasteiger partial charge in [0.05, 0.1) is 0 Å². The number of halogens is 2. The van der Waals surface area contributed by atoms with Crippen LogP contribution in [0.25, 0.3) is 5.57 Å². The minimum atomic E-state index is 0.583. The second-order valence-corrected chi connectivity index (χ2v) is 4.37. The summed E-state index contributed by atoms with van der Waals surface area (Å²) in [4.78, 5) is 0. The lowest BCUT2D eigenvalue weighted by Crippen LogP contribution is -2.00. The molecule has 68 valence electrons. The zero-order valence-corrected chi connectivity index (χ0v) is 9.32. The van der Waals surface area contributed by atoms with Gasteiger partial charge in [-0.25, -0.2) is 0 Å². The Hall–Kier alpha value is -0.310. The third-order valence-electron chi connectivity index (χ3n) is 2.28. The van der Waals surface area contributed by atoms with Gasteiger partial charge < -0.3 is 5.73 Å². The van der Waals surface area contributed by atoms with Crippen molar-refractivity contribution in [2.24, 2.45) is 5.73 Å². The van der Waals surface area contributed by atoms with E-state index in [1.54, 1.807) is 0 Å². The minimum absolute atomic E-state index is 0.583. The van der Waals surface area contributed by atoms with Crippen molar-refractivity contribution in [3.63, 3.8) is 0 Å². The number of hydrogen-bond acceptors (Lipinski definition) is 1. The molecule has 2 N–H and O–H groups in total. The molecule has 1 aromatic rings. The molecule has 0 fully saturated rings. The van der Waals surface area contributed by atoms with Crippen molar-refractivity contribution >= 4 is 33.1 Å². The first-order valence-corrected chi connectivity index (χ1v) is 5.27. The highest BCUT2D eigenvalue weighted by Crippen LogP contribution is 2.34. The fourth-order valence-corrected chi connectivity index (χ4v) is 2.51. The largest absolute Gasteiger partial charge is 0.326 e. The van der Waals surface area contributed by atoms with Crippen molar-refractivity contribution in [1.82, 2.24) is 0 Å². The molecule has 0 spiro atoms. The van der Waals surface area contributed by atoms with Crippen LogP contribution in [0.3, 0.4) is 0 Å². The summed E-state index contributed by atoms with van der Waals surface area (Å²) in [5.74, 6) is 0. The van der Waals surface area contributed by atoms with Gasteiger partial charge in [0.25, 0.3) is 0 Å². The highest BCUT2D eigenvalue weighted by atomic mass is 79.9. The van der Waals surface area contributed by atoms with E-state index in [4.69, 9.17) is 17.3 Å². The summed E-state index contributed by atoms with van der Waals surface area (Å²) in [6, 6.07) is 4.00. The zero-order chi connectivity index (χ0) is 9.42. The van der Waals surface area contributed by atoms with Gasteiger partial charge in [0.1, 0.15) is 0 Å². The third kappa shape index (κ3) is 1.54. The Morgan fingerprint density at radius 2 is 2.23 bits per heavy atom. The van der Waals surface area contributed by atoms with Gasteiger partial charge in [-0.3, -0.25) is 0 Å². The van der Waals surface area contributed by atoms with E-state index in [9.17, 15) is 0 Å². The number of nitrogens with two attached hydrogens (primary N) is 1. The average molecular weight is 259 g/mol. The van der Waals surface area contributed by atoms with E-state index in [1.165, 1.54) is 16.7 Å². The third-order valence-corrected chi connectivity index (χ3v) is 3.07. The molecule has 0 radical (unpaired) electrons. The van der Waals surface area contributed by atoms with E-state index in [0.717, 1.165) is 15.9 Å². The number of benzene rings is 1. The lowest BCUT2D eigenvalue weighted by molar-refractivity contribution is 1.27. The van der Waals surface area contributed by atoms with Crippen molar-refractivity contribution in [2.45, 2.75) is 6.42 Å². The average Bonchev–Trinajstić information content (AvgIpc) is 2.47. The van der Waals surface area contributed by atoms with Gasteiger partial charge in [-0.1, -0.05) is 33.6 Å². The highest BCUT2D eigenvalue weighted by Gasteiger charge is 2.16. The van der Waals surface area contributed by atoms with Gasteiger partial charge in [-0.15, -0.1) is 0 Å². The van der Waals surface area contributed by atoms with E-state index in [1.807, 2.05) is 6.07 Å². The van der Waals surface area contributed by atoms with E-state index in [0.29, 0.717) is 6.54 Å². The van der Waals surface area contributed by atoms with Crippen LogP contribution in [-0.4, -0.2) is 6.54 Å². The Morgan fingerprint density at radius 3 is 2.92 bits per heavy atom. The van der Waals surface area contributed by atoms with Gasteiger partial charge in [-0.2, -0.15) is 0 Å². The highest BCUT2D eigenvalue weighted by molar-refractivity contribution is 9.10. The summed E-state index contributed by atoms with van der Waals surface area (Å²) in [6.07, 6.45) is 3.05. The Labute approximate surface area is 90.7 Å². The molecule has 1 aromatic carbocycles. The van der Waals surface area contributed by atoms with Crippen LogP contribution in [0.15, 0.2) is 22.7 Å². The Kier molecular flexibility index (Phi) is 2.45. The molecular formula is C10H9BrClN. The molecule has 0 unspecified atom stereocenters. The zero-order valence-electron chi connectivity index (χ0n) is 6.98. The van der Waals surface area contributed by atoms with Gasteiger partial charge in [0.2, 0.25) is 0 Å². The molecule has 0 bridgehead atoms. The molecule has 0 aromatic heterocycles. The molecule has 2 rings (SSSR count). The van der Waals surface area contributed by atoms with Crippen LogP contribution < -0.4 is 5.73 Å². The molecule has 1 aliphatic rings. The molecule has 1 aliphatic carbocycles. The number of allylic oxidation sites excluding steroid dienone is 1. The van der Waals surface area contributed by atoms with Crippen molar-refractivity contribution in [3.8, 4) is 0 Å². The van der Waals surface area contributed by atoms with Crippen molar-refractivity contribution < 1.29 is 0 Å².